The van der Waals surface area contributed by atoms with Gasteiger partial charge in [0.2, 0.25) is 5.91 Å². The second-order valence-corrected chi connectivity index (χ2v) is 8.37. The summed E-state index contributed by atoms with van der Waals surface area (Å²) in [4.78, 5) is 25.1. The number of amides is 1. The van der Waals surface area contributed by atoms with Gasteiger partial charge in [0.25, 0.3) is 0 Å². The van der Waals surface area contributed by atoms with Crippen LogP contribution in [-0.4, -0.2) is 54.9 Å². The van der Waals surface area contributed by atoms with E-state index >= 15 is 0 Å². The van der Waals surface area contributed by atoms with E-state index < -0.39 is 21.4 Å². The van der Waals surface area contributed by atoms with Gasteiger partial charge >= 0.3 is 5.97 Å². The number of sulfone groups is 1. The zero-order valence-electron chi connectivity index (χ0n) is 12.5. The van der Waals surface area contributed by atoms with Crippen molar-refractivity contribution < 1.29 is 22.7 Å². The van der Waals surface area contributed by atoms with Gasteiger partial charge in [0.1, 0.15) is 5.60 Å². The summed E-state index contributed by atoms with van der Waals surface area (Å²) in [7, 11) is -3.04. The van der Waals surface area contributed by atoms with Crippen LogP contribution >= 0.6 is 0 Å². The van der Waals surface area contributed by atoms with Crippen molar-refractivity contribution in [2.45, 2.75) is 52.2 Å². The Labute approximate surface area is 120 Å². The average Bonchev–Trinajstić information content (AvgIpc) is 2.22. The quantitative estimate of drug-likeness (QED) is 0.719. The summed E-state index contributed by atoms with van der Waals surface area (Å²) in [5.74, 6) is -0.623. The molecule has 0 bridgehead atoms. The Kier molecular flexibility index (Phi) is 5.18. The fourth-order valence-corrected chi connectivity index (χ4v) is 3.67. The number of rotatable bonds is 3. The van der Waals surface area contributed by atoms with Gasteiger partial charge in [-0.15, -0.1) is 0 Å². The summed E-state index contributed by atoms with van der Waals surface area (Å²) in [6, 6.07) is -0.333. The smallest absolute Gasteiger partial charge is 0.306 e. The molecule has 0 aromatic rings. The molecular weight excluding hydrogens is 282 g/mol. The lowest BCUT2D eigenvalue weighted by atomic mass is 10.2. The zero-order chi connectivity index (χ0) is 15.6. The molecule has 116 valence electrons. The van der Waals surface area contributed by atoms with Crippen LogP contribution in [0.15, 0.2) is 0 Å². The molecule has 20 heavy (non-hydrogen) atoms. The number of ether oxygens (including phenoxy) is 1. The average molecular weight is 305 g/mol. The topological polar surface area (TPSA) is 80.8 Å². The lowest BCUT2D eigenvalue weighted by Crippen LogP contribution is -2.49. The lowest BCUT2D eigenvalue weighted by Gasteiger charge is -2.33. The molecule has 7 heteroatoms. The van der Waals surface area contributed by atoms with Crippen molar-refractivity contribution in [2.75, 3.05) is 18.1 Å². The van der Waals surface area contributed by atoms with Crippen molar-refractivity contribution in [3.05, 3.63) is 0 Å². The number of carbonyl (C=O) groups is 2. The third kappa shape index (κ3) is 5.48. The van der Waals surface area contributed by atoms with Crippen LogP contribution in [0.5, 0.6) is 0 Å². The summed E-state index contributed by atoms with van der Waals surface area (Å²) >= 11 is 0. The summed E-state index contributed by atoms with van der Waals surface area (Å²) in [6.07, 6.45) is 0.0748. The monoisotopic (exact) mass is 305 g/mol. The Hall–Kier alpha value is -1.11. The van der Waals surface area contributed by atoms with Crippen molar-refractivity contribution in [3.63, 3.8) is 0 Å². The fourth-order valence-electron chi connectivity index (χ4n) is 2.11. The van der Waals surface area contributed by atoms with Crippen LogP contribution in [0.1, 0.15) is 40.5 Å². The molecule has 0 radical (unpaired) electrons. The van der Waals surface area contributed by atoms with Crippen LogP contribution in [0.3, 0.4) is 0 Å². The van der Waals surface area contributed by atoms with Crippen LogP contribution in [0, 0.1) is 0 Å². The van der Waals surface area contributed by atoms with Gasteiger partial charge in [-0.25, -0.2) is 8.42 Å². The summed E-state index contributed by atoms with van der Waals surface area (Å²) in [5.41, 5.74) is -0.563. The minimum Gasteiger partial charge on any atom is -0.460 e. The molecule has 1 rings (SSSR count). The standard InChI is InChI=1S/C13H23NO5S/c1-10-9-20(17,18)8-7-14(10)11(15)5-6-12(16)19-13(2,3)4/h10H,5-9H2,1-4H3. The number of hydrogen-bond donors (Lipinski definition) is 0. The molecule has 1 unspecified atom stereocenters. The number of nitrogens with zero attached hydrogens (tertiary/aromatic N) is 1. The van der Waals surface area contributed by atoms with E-state index in [9.17, 15) is 18.0 Å². The van der Waals surface area contributed by atoms with Crippen molar-refractivity contribution in [1.29, 1.82) is 0 Å². The van der Waals surface area contributed by atoms with Crippen molar-refractivity contribution in [2.24, 2.45) is 0 Å². The first-order valence-electron chi connectivity index (χ1n) is 6.72. The second-order valence-electron chi connectivity index (χ2n) is 6.14. The third-order valence-electron chi connectivity index (χ3n) is 2.95. The highest BCUT2D eigenvalue weighted by Gasteiger charge is 2.31. The molecule has 0 aromatic carbocycles. The first-order chi connectivity index (χ1) is 9.00. The number of hydrogen-bond acceptors (Lipinski definition) is 5. The van der Waals surface area contributed by atoms with Crippen LogP contribution in [0.25, 0.3) is 0 Å². The first-order valence-corrected chi connectivity index (χ1v) is 8.54. The summed E-state index contributed by atoms with van der Waals surface area (Å²) in [5, 5.41) is 0. The molecule has 0 aliphatic carbocycles. The third-order valence-corrected chi connectivity index (χ3v) is 4.75. The molecule has 0 saturated carbocycles. The Morgan fingerprint density at radius 2 is 1.85 bits per heavy atom. The molecule has 1 atom stereocenters. The molecule has 1 saturated heterocycles. The van der Waals surface area contributed by atoms with E-state index in [1.165, 1.54) is 4.90 Å². The van der Waals surface area contributed by atoms with Crippen molar-refractivity contribution in [1.82, 2.24) is 4.90 Å². The Balaban J connectivity index is 2.46. The lowest BCUT2D eigenvalue weighted by molar-refractivity contribution is -0.156. The van der Waals surface area contributed by atoms with E-state index in [2.05, 4.69) is 0 Å². The SMILES string of the molecule is CC1CS(=O)(=O)CCN1C(=O)CCC(=O)OC(C)(C)C. The van der Waals surface area contributed by atoms with E-state index in [0.29, 0.717) is 0 Å². The Morgan fingerprint density at radius 1 is 1.25 bits per heavy atom. The highest BCUT2D eigenvalue weighted by molar-refractivity contribution is 7.91. The van der Waals surface area contributed by atoms with Crippen LogP contribution < -0.4 is 0 Å². The number of esters is 1. The minimum absolute atomic E-state index is 0.00445. The minimum atomic E-state index is -3.04. The Morgan fingerprint density at radius 3 is 2.35 bits per heavy atom. The fraction of sp³-hybridized carbons (Fsp3) is 0.846. The van der Waals surface area contributed by atoms with Gasteiger partial charge in [-0.2, -0.15) is 0 Å². The van der Waals surface area contributed by atoms with E-state index in [4.69, 9.17) is 4.74 Å². The summed E-state index contributed by atoms with van der Waals surface area (Å²) < 4.78 is 28.0. The maximum absolute atomic E-state index is 12.0. The normalized spacial score (nSPS) is 22.4. The molecule has 1 aliphatic rings. The predicted octanol–water partition coefficient (Wildman–Crippen LogP) is 0.754. The highest BCUT2D eigenvalue weighted by Crippen LogP contribution is 2.14. The molecule has 0 aromatic heterocycles. The molecule has 1 aliphatic heterocycles. The zero-order valence-corrected chi connectivity index (χ0v) is 13.3. The van der Waals surface area contributed by atoms with E-state index in [1.54, 1.807) is 27.7 Å². The molecule has 0 N–H and O–H groups in total. The van der Waals surface area contributed by atoms with Crippen molar-refractivity contribution >= 4 is 21.7 Å². The first kappa shape index (κ1) is 16.9. The van der Waals surface area contributed by atoms with E-state index in [-0.39, 0.29) is 42.8 Å². The maximum Gasteiger partial charge on any atom is 0.306 e. The van der Waals surface area contributed by atoms with E-state index in [0.717, 1.165) is 0 Å². The van der Waals surface area contributed by atoms with Gasteiger partial charge in [-0.05, 0) is 27.7 Å². The number of carbonyl (C=O) groups excluding carboxylic acids is 2. The molecular formula is C13H23NO5S. The Bertz CT molecular complexity index is 477. The van der Waals surface area contributed by atoms with Gasteiger partial charge in [0.05, 0.1) is 17.9 Å². The second kappa shape index (κ2) is 6.11. The van der Waals surface area contributed by atoms with E-state index in [1.807, 2.05) is 0 Å². The van der Waals surface area contributed by atoms with Crippen LogP contribution in [-0.2, 0) is 24.2 Å². The van der Waals surface area contributed by atoms with Crippen molar-refractivity contribution in [3.8, 4) is 0 Å². The maximum atomic E-state index is 12.0. The van der Waals surface area contributed by atoms with Gasteiger partial charge in [0.15, 0.2) is 9.84 Å². The highest BCUT2D eigenvalue weighted by atomic mass is 32.2. The summed E-state index contributed by atoms with van der Waals surface area (Å²) in [6.45, 7) is 7.22. The molecule has 1 heterocycles. The van der Waals surface area contributed by atoms with Gasteiger partial charge in [-0.1, -0.05) is 0 Å². The van der Waals surface area contributed by atoms with Gasteiger partial charge < -0.3 is 9.64 Å². The molecule has 6 nitrogen and oxygen atoms in total. The van der Waals surface area contributed by atoms with Crippen LogP contribution in [0.2, 0.25) is 0 Å². The molecule has 1 fully saturated rings. The molecule has 0 spiro atoms. The largest absolute Gasteiger partial charge is 0.460 e. The van der Waals surface area contributed by atoms with Gasteiger partial charge in [-0.3, -0.25) is 9.59 Å². The molecule has 1 amide bonds. The predicted molar refractivity (Wildman–Crippen MR) is 74.9 cm³/mol. The van der Waals surface area contributed by atoms with Gasteiger partial charge in [0, 0.05) is 19.0 Å². The van der Waals surface area contributed by atoms with Crippen LogP contribution in [0.4, 0.5) is 0 Å².